The van der Waals surface area contributed by atoms with Crippen molar-refractivity contribution < 1.29 is 13.2 Å². The lowest BCUT2D eigenvalue weighted by atomic mass is 9.92. The molecule has 0 saturated carbocycles. The highest BCUT2D eigenvalue weighted by molar-refractivity contribution is 5.89. The van der Waals surface area contributed by atoms with Crippen molar-refractivity contribution in [3.63, 3.8) is 0 Å². The highest BCUT2D eigenvalue weighted by Crippen LogP contribution is 2.41. The van der Waals surface area contributed by atoms with E-state index < -0.39 is 5.92 Å². The minimum Gasteiger partial charge on any atom is -0.290 e. The number of nitrogens with zero attached hydrogens (tertiary/aromatic N) is 3. The van der Waals surface area contributed by atoms with E-state index in [4.69, 9.17) is 0 Å². The van der Waals surface area contributed by atoms with Gasteiger partial charge >= 0.3 is 0 Å². The van der Waals surface area contributed by atoms with Gasteiger partial charge in [-0.25, -0.2) is 13.2 Å². The number of alkyl halides is 2. The predicted octanol–water partition coefficient (Wildman–Crippen LogP) is 4.77. The zero-order chi connectivity index (χ0) is 20.0. The Bertz CT molecular complexity index is 1060. The summed E-state index contributed by atoms with van der Waals surface area (Å²) < 4.78 is 41.1. The van der Waals surface area contributed by atoms with E-state index in [0.717, 1.165) is 28.0 Å². The summed E-state index contributed by atoms with van der Waals surface area (Å²) in [5.41, 5.74) is 5.09. The fourth-order valence-electron chi connectivity index (χ4n) is 4.30. The number of rotatable bonds is 3. The number of nitrogens with one attached hydrogen (secondary N) is 1. The second-order valence-electron chi connectivity index (χ2n) is 7.60. The van der Waals surface area contributed by atoms with Gasteiger partial charge in [-0.15, -0.1) is 0 Å². The van der Waals surface area contributed by atoms with Gasteiger partial charge in [-0.2, -0.15) is 5.10 Å². The van der Waals surface area contributed by atoms with E-state index in [1.807, 2.05) is 23.1 Å². The van der Waals surface area contributed by atoms with Crippen LogP contribution in [0.25, 0.3) is 28.0 Å². The van der Waals surface area contributed by atoms with Crippen molar-refractivity contribution >= 4 is 5.57 Å². The van der Waals surface area contributed by atoms with Crippen LogP contribution in [0.4, 0.5) is 13.2 Å². The van der Waals surface area contributed by atoms with Gasteiger partial charge in [0, 0.05) is 42.5 Å². The number of H-pyrrole nitrogens is 1. The van der Waals surface area contributed by atoms with Crippen molar-refractivity contribution in [2.24, 2.45) is 0 Å². The first-order valence-corrected chi connectivity index (χ1v) is 9.58. The fraction of sp³-hybridized carbons (Fsp3) is 0.273. The third-order valence-electron chi connectivity index (χ3n) is 5.65. The lowest BCUT2D eigenvalue weighted by Gasteiger charge is -2.27. The maximum Gasteiger partial charge on any atom is 0.262 e. The Morgan fingerprint density at radius 3 is 2.55 bits per heavy atom. The molecule has 7 heteroatoms. The van der Waals surface area contributed by atoms with Gasteiger partial charge in [0.05, 0.1) is 12.2 Å². The minimum absolute atomic E-state index is 0.153. The van der Waals surface area contributed by atoms with Crippen LogP contribution in [-0.2, 0) is 0 Å². The molecule has 1 aromatic carbocycles. The lowest BCUT2D eigenvalue weighted by Crippen LogP contribution is -2.33. The van der Waals surface area contributed by atoms with Gasteiger partial charge in [-0.3, -0.25) is 15.0 Å². The molecule has 1 saturated heterocycles. The topological polar surface area (TPSA) is 44.8 Å². The molecule has 5 rings (SSSR count). The number of fused-ring (bicyclic) bond motifs is 1. The fourth-order valence-corrected chi connectivity index (χ4v) is 4.30. The van der Waals surface area contributed by atoms with Gasteiger partial charge in [0.2, 0.25) is 0 Å². The largest absolute Gasteiger partial charge is 0.290 e. The summed E-state index contributed by atoms with van der Waals surface area (Å²) in [7, 11) is 0. The Hall–Kier alpha value is -2.93. The Labute approximate surface area is 166 Å². The summed E-state index contributed by atoms with van der Waals surface area (Å²) in [6.45, 7) is 0.412. The van der Waals surface area contributed by atoms with Gasteiger partial charge < -0.3 is 0 Å². The molecule has 0 aliphatic carbocycles. The van der Waals surface area contributed by atoms with E-state index >= 15 is 0 Å². The number of aromatic amines is 1. The molecule has 148 valence electrons. The lowest BCUT2D eigenvalue weighted by molar-refractivity contribution is 0.0124. The van der Waals surface area contributed by atoms with Crippen LogP contribution in [0, 0.1) is 5.82 Å². The van der Waals surface area contributed by atoms with E-state index in [-0.39, 0.29) is 24.8 Å². The molecule has 3 aromatic rings. The van der Waals surface area contributed by atoms with E-state index in [2.05, 4.69) is 15.2 Å². The summed E-state index contributed by atoms with van der Waals surface area (Å²) in [5.74, 6) is -2.95. The molecule has 4 heterocycles. The summed E-state index contributed by atoms with van der Waals surface area (Å²) in [6.07, 6.45) is 5.86. The van der Waals surface area contributed by atoms with Gasteiger partial charge in [0.1, 0.15) is 11.5 Å². The third kappa shape index (κ3) is 3.35. The van der Waals surface area contributed by atoms with Crippen molar-refractivity contribution in [1.29, 1.82) is 0 Å². The first-order chi connectivity index (χ1) is 14.0. The van der Waals surface area contributed by atoms with E-state index in [0.29, 0.717) is 18.7 Å². The van der Waals surface area contributed by atoms with Crippen LogP contribution in [0.3, 0.4) is 0 Å². The summed E-state index contributed by atoms with van der Waals surface area (Å²) in [5, 5.41) is 7.63. The van der Waals surface area contributed by atoms with Crippen LogP contribution >= 0.6 is 0 Å². The van der Waals surface area contributed by atoms with Crippen LogP contribution in [0.1, 0.15) is 18.5 Å². The molecule has 1 fully saturated rings. The molecular formula is C22H19F3N4. The first kappa shape index (κ1) is 18.1. The van der Waals surface area contributed by atoms with Crippen molar-refractivity contribution in [2.45, 2.75) is 24.8 Å². The summed E-state index contributed by atoms with van der Waals surface area (Å²) in [4.78, 5) is 5.93. The quantitative estimate of drug-likeness (QED) is 0.693. The Kier molecular flexibility index (Phi) is 4.28. The molecule has 1 atom stereocenters. The molecule has 2 aromatic heterocycles. The van der Waals surface area contributed by atoms with Gasteiger partial charge in [-0.05, 0) is 54.0 Å². The molecule has 0 bridgehead atoms. The van der Waals surface area contributed by atoms with Crippen molar-refractivity contribution in [3.05, 3.63) is 66.4 Å². The zero-order valence-electron chi connectivity index (χ0n) is 15.6. The number of hydrogen-bond donors (Lipinski definition) is 1. The Morgan fingerprint density at radius 2 is 1.79 bits per heavy atom. The monoisotopic (exact) mass is 396 g/mol. The SMILES string of the molecule is Fc1ccc(-c2n[nH]c(C3=CC4CC(F)(F)CN4CC3)c2-c2ccncc2)cc1. The van der Waals surface area contributed by atoms with E-state index in [1.165, 1.54) is 12.1 Å². The van der Waals surface area contributed by atoms with Crippen LogP contribution in [-0.4, -0.2) is 45.1 Å². The number of pyridine rings is 1. The molecular weight excluding hydrogens is 377 g/mol. The van der Waals surface area contributed by atoms with E-state index in [1.54, 1.807) is 24.5 Å². The average Bonchev–Trinajstić information content (AvgIpc) is 3.28. The standard InChI is InChI=1S/C22H19F3N4/c23-17-3-1-15(2-4-17)20-19(14-5-8-26-9-6-14)21(28-27-20)16-7-10-29-13-22(24,25)12-18(29)11-16/h1-6,8-9,11,18H,7,10,12-13H2,(H,27,28). The van der Waals surface area contributed by atoms with Crippen LogP contribution < -0.4 is 0 Å². The van der Waals surface area contributed by atoms with Gasteiger partial charge in [-0.1, -0.05) is 6.08 Å². The molecule has 4 nitrogen and oxygen atoms in total. The van der Waals surface area contributed by atoms with Crippen LogP contribution in [0.5, 0.6) is 0 Å². The van der Waals surface area contributed by atoms with E-state index in [9.17, 15) is 13.2 Å². The molecule has 0 spiro atoms. The number of aromatic nitrogens is 3. The summed E-state index contributed by atoms with van der Waals surface area (Å²) in [6, 6.07) is 9.69. The second-order valence-corrected chi connectivity index (χ2v) is 7.60. The second kappa shape index (κ2) is 6.84. The van der Waals surface area contributed by atoms with Crippen molar-refractivity contribution in [2.75, 3.05) is 13.1 Å². The summed E-state index contributed by atoms with van der Waals surface area (Å²) >= 11 is 0. The molecule has 2 aliphatic rings. The highest BCUT2D eigenvalue weighted by atomic mass is 19.3. The minimum atomic E-state index is -2.64. The number of hydrogen-bond acceptors (Lipinski definition) is 3. The Balaban J connectivity index is 1.62. The molecule has 1 unspecified atom stereocenters. The molecule has 29 heavy (non-hydrogen) atoms. The number of halogens is 3. The third-order valence-corrected chi connectivity index (χ3v) is 5.65. The maximum absolute atomic E-state index is 13.8. The zero-order valence-corrected chi connectivity index (χ0v) is 15.6. The van der Waals surface area contributed by atoms with Gasteiger partial charge in [0.15, 0.2) is 0 Å². The van der Waals surface area contributed by atoms with Crippen molar-refractivity contribution in [3.8, 4) is 22.4 Å². The highest BCUT2D eigenvalue weighted by Gasteiger charge is 2.45. The molecule has 0 amide bonds. The molecule has 0 radical (unpaired) electrons. The Morgan fingerprint density at radius 1 is 1.03 bits per heavy atom. The van der Waals surface area contributed by atoms with Crippen LogP contribution in [0.15, 0.2) is 54.9 Å². The van der Waals surface area contributed by atoms with Crippen LogP contribution in [0.2, 0.25) is 0 Å². The maximum atomic E-state index is 13.8. The number of benzene rings is 1. The van der Waals surface area contributed by atoms with Crippen molar-refractivity contribution in [1.82, 2.24) is 20.1 Å². The average molecular weight is 396 g/mol. The molecule has 2 aliphatic heterocycles. The normalized spacial score (nSPS) is 21.1. The molecule has 1 N–H and O–H groups in total. The van der Waals surface area contributed by atoms with Gasteiger partial charge in [0.25, 0.3) is 5.92 Å². The smallest absolute Gasteiger partial charge is 0.262 e. The predicted molar refractivity (Wildman–Crippen MR) is 105 cm³/mol. The first-order valence-electron chi connectivity index (χ1n) is 9.58.